The zero-order valence-corrected chi connectivity index (χ0v) is 8.16. The third-order valence-electron chi connectivity index (χ3n) is 2.12. The highest BCUT2D eigenvalue weighted by Gasteiger charge is 2.24. The maximum Gasteiger partial charge on any atom is 0.254 e. The van der Waals surface area contributed by atoms with Crippen molar-refractivity contribution in [3.05, 3.63) is 22.6 Å². The van der Waals surface area contributed by atoms with Gasteiger partial charge in [-0.05, 0) is 0 Å². The first-order valence-corrected chi connectivity index (χ1v) is 5.15. The second-order valence-corrected chi connectivity index (χ2v) is 4.07. The molecule has 0 aliphatic carbocycles. The van der Waals surface area contributed by atoms with Crippen LogP contribution < -0.4 is 11.3 Å². The first-order valence-electron chi connectivity index (χ1n) is 4.16. The van der Waals surface area contributed by atoms with E-state index in [1.807, 2.05) is 0 Å². The zero-order valence-electron chi connectivity index (χ0n) is 7.34. The molecule has 0 saturated carbocycles. The Morgan fingerprint density at radius 2 is 2.50 bits per heavy atom. The van der Waals surface area contributed by atoms with Crippen LogP contribution in [0.25, 0.3) is 0 Å². The van der Waals surface area contributed by atoms with E-state index in [9.17, 15) is 9.59 Å². The van der Waals surface area contributed by atoms with Gasteiger partial charge in [-0.15, -0.1) is 0 Å². The molecular formula is C8H9N3O2S. The van der Waals surface area contributed by atoms with Crippen LogP contribution in [0.1, 0.15) is 0 Å². The summed E-state index contributed by atoms with van der Waals surface area (Å²) in [7, 11) is 0. The van der Waals surface area contributed by atoms with Crippen molar-refractivity contribution < 1.29 is 4.79 Å². The van der Waals surface area contributed by atoms with Gasteiger partial charge in [0.15, 0.2) is 5.16 Å². The monoisotopic (exact) mass is 211 g/mol. The summed E-state index contributed by atoms with van der Waals surface area (Å²) in [5.74, 6) is -0.0282. The van der Waals surface area contributed by atoms with Crippen molar-refractivity contribution in [2.75, 3.05) is 5.75 Å². The van der Waals surface area contributed by atoms with Crippen LogP contribution in [0, 0.1) is 5.92 Å². The first kappa shape index (κ1) is 9.26. The van der Waals surface area contributed by atoms with E-state index in [2.05, 4.69) is 4.98 Å². The minimum Gasteiger partial charge on any atom is -0.369 e. The Morgan fingerprint density at radius 3 is 3.21 bits per heavy atom. The van der Waals surface area contributed by atoms with Gasteiger partial charge in [0.2, 0.25) is 5.91 Å². The van der Waals surface area contributed by atoms with Gasteiger partial charge < -0.3 is 5.73 Å². The van der Waals surface area contributed by atoms with Crippen LogP contribution in [0.5, 0.6) is 0 Å². The van der Waals surface area contributed by atoms with Crippen molar-refractivity contribution in [1.82, 2.24) is 9.55 Å². The Balaban J connectivity index is 2.38. The summed E-state index contributed by atoms with van der Waals surface area (Å²) >= 11 is 1.39. The Bertz CT molecular complexity index is 429. The standard InChI is InChI=1S/C8H9N3O2S/c9-7(13)5-3-11-6(12)1-2-10-8(11)14-4-5/h1-2,5H,3-4H2,(H2,9,13). The van der Waals surface area contributed by atoms with Gasteiger partial charge in [-0.1, -0.05) is 11.8 Å². The lowest BCUT2D eigenvalue weighted by atomic mass is 10.1. The van der Waals surface area contributed by atoms with E-state index < -0.39 is 0 Å². The normalized spacial score (nSPS) is 20.1. The maximum absolute atomic E-state index is 11.4. The summed E-state index contributed by atoms with van der Waals surface area (Å²) in [5.41, 5.74) is 5.06. The fourth-order valence-electron chi connectivity index (χ4n) is 1.32. The summed E-state index contributed by atoms with van der Waals surface area (Å²) in [4.78, 5) is 26.4. The van der Waals surface area contributed by atoms with Crippen molar-refractivity contribution in [1.29, 1.82) is 0 Å². The van der Waals surface area contributed by atoms with Crippen LogP contribution in [0.4, 0.5) is 0 Å². The molecule has 1 unspecified atom stereocenters. The molecule has 14 heavy (non-hydrogen) atoms. The molecule has 1 amide bonds. The molecule has 2 rings (SSSR count). The first-order chi connectivity index (χ1) is 6.68. The average Bonchev–Trinajstić information content (AvgIpc) is 2.18. The molecule has 1 aromatic heterocycles. The van der Waals surface area contributed by atoms with E-state index in [4.69, 9.17) is 5.73 Å². The number of rotatable bonds is 1. The van der Waals surface area contributed by atoms with Crippen molar-refractivity contribution in [2.24, 2.45) is 11.7 Å². The lowest BCUT2D eigenvalue weighted by Gasteiger charge is -2.21. The number of nitrogens with zero attached hydrogens (tertiary/aromatic N) is 2. The molecule has 0 bridgehead atoms. The molecule has 6 heteroatoms. The third-order valence-corrected chi connectivity index (χ3v) is 3.27. The van der Waals surface area contributed by atoms with Gasteiger partial charge in [0.1, 0.15) is 0 Å². The number of hydrogen-bond donors (Lipinski definition) is 1. The quantitative estimate of drug-likeness (QED) is 0.632. The Hall–Kier alpha value is -1.30. The van der Waals surface area contributed by atoms with E-state index in [1.54, 1.807) is 0 Å². The SMILES string of the molecule is NC(=O)C1CSc2nccc(=O)n2C1. The van der Waals surface area contributed by atoms with Gasteiger partial charge in [0.05, 0.1) is 5.92 Å². The van der Waals surface area contributed by atoms with Crippen LogP contribution in [-0.2, 0) is 11.3 Å². The zero-order chi connectivity index (χ0) is 10.1. The molecule has 0 fully saturated rings. The topological polar surface area (TPSA) is 78.0 Å². The Morgan fingerprint density at radius 1 is 1.71 bits per heavy atom. The number of fused-ring (bicyclic) bond motifs is 1. The minimum absolute atomic E-state index is 0.131. The molecule has 0 spiro atoms. The van der Waals surface area contributed by atoms with Crippen LogP contribution in [0.3, 0.4) is 0 Å². The predicted molar refractivity (Wildman–Crippen MR) is 51.9 cm³/mol. The highest BCUT2D eigenvalue weighted by atomic mass is 32.2. The Kier molecular flexibility index (Phi) is 2.28. The highest BCUT2D eigenvalue weighted by Crippen LogP contribution is 2.23. The smallest absolute Gasteiger partial charge is 0.254 e. The summed E-state index contributed by atoms with van der Waals surface area (Å²) in [6.07, 6.45) is 1.48. The number of thioether (sulfide) groups is 1. The van der Waals surface area contributed by atoms with Crippen LogP contribution in [0.2, 0.25) is 0 Å². The van der Waals surface area contributed by atoms with Gasteiger partial charge >= 0.3 is 0 Å². The molecule has 1 aliphatic rings. The fraction of sp³-hybridized carbons (Fsp3) is 0.375. The molecule has 1 aromatic rings. The molecule has 2 N–H and O–H groups in total. The third kappa shape index (κ3) is 1.52. The molecule has 5 nitrogen and oxygen atoms in total. The van der Waals surface area contributed by atoms with Gasteiger partial charge in [-0.3, -0.25) is 14.2 Å². The summed E-state index contributed by atoms with van der Waals surface area (Å²) < 4.78 is 1.49. The maximum atomic E-state index is 11.4. The molecule has 0 saturated heterocycles. The van der Waals surface area contributed by atoms with Crippen molar-refractivity contribution >= 4 is 17.7 Å². The highest BCUT2D eigenvalue weighted by molar-refractivity contribution is 7.99. The largest absolute Gasteiger partial charge is 0.369 e. The number of aromatic nitrogens is 2. The van der Waals surface area contributed by atoms with Gasteiger partial charge in [0.25, 0.3) is 5.56 Å². The predicted octanol–water partition coefficient (Wildman–Crippen LogP) is -0.550. The van der Waals surface area contributed by atoms with Crippen LogP contribution in [-0.4, -0.2) is 21.2 Å². The van der Waals surface area contributed by atoms with E-state index in [-0.39, 0.29) is 17.4 Å². The lowest BCUT2D eigenvalue weighted by molar-refractivity contribution is -0.121. The number of hydrogen-bond acceptors (Lipinski definition) is 4. The number of primary amides is 1. The van der Waals surface area contributed by atoms with E-state index in [1.165, 1.54) is 28.6 Å². The molecule has 1 aliphatic heterocycles. The average molecular weight is 211 g/mol. The molecule has 1 atom stereocenters. The number of nitrogens with two attached hydrogens (primary N) is 1. The molecule has 0 aromatic carbocycles. The summed E-state index contributed by atoms with van der Waals surface area (Å²) in [5, 5.41) is 0.662. The molecular weight excluding hydrogens is 202 g/mol. The van der Waals surface area contributed by atoms with Gasteiger partial charge in [0, 0.05) is 24.6 Å². The van der Waals surface area contributed by atoms with Crippen molar-refractivity contribution in [3.8, 4) is 0 Å². The van der Waals surface area contributed by atoms with E-state index in [0.29, 0.717) is 17.5 Å². The molecule has 74 valence electrons. The number of carbonyl (C=O) groups is 1. The Labute approximate surface area is 84.3 Å². The van der Waals surface area contributed by atoms with Crippen molar-refractivity contribution in [3.63, 3.8) is 0 Å². The van der Waals surface area contributed by atoms with E-state index in [0.717, 1.165) is 0 Å². The minimum atomic E-state index is -0.362. The van der Waals surface area contributed by atoms with Gasteiger partial charge in [-0.25, -0.2) is 4.98 Å². The lowest BCUT2D eigenvalue weighted by Crippen LogP contribution is -2.36. The summed E-state index contributed by atoms with van der Waals surface area (Å²) in [6, 6.07) is 1.38. The number of carbonyl (C=O) groups excluding carboxylic acids is 1. The number of amides is 1. The van der Waals surface area contributed by atoms with Crippen LogP contribution >= 0.6 is 11.8 Å². The van der Waals surface area contributed by atoms with E-state index >= 15 is 0 Å². The molecule has 2 heterocycles. The molecule has 0 radical (unpaired) electrons. The van der Waals surface area contributed by atoms with Crippen LogP contribution in [0.15, 0.2) is 22.2 Å². The fourth-order valence-corrected chi connectivity index (χ4v) is 2.40. The van der Waals surface area contributed by atoms with Gasteiger partial charge in [-0.2, -0.15) is 0 Å². The van der Waals surface area contributed by atoms with Crippen molar-refractivity contribution in [2.45, 2.75) is 11.7 Å². The second kappa shape index (κ2) is 3.45. The second-order valence-electron chi connectivity index (χ2n) is 3.09. The summed E-state index contributed by atoms with van der Waals surface area (Å²) in [6.45, 7) is 0.352.